The number of benzene rings is 1. The average Bonchev–Trinajstić information content (AvgIpc) is 3.03. The Bertz CT molecular complexity index is 702. The first-order valence-corrected chi connectivity index (χ1v) is 7.91. The van der Waals surface area contributed by atoms with E-state index < -0.39 is 0 Å². The fourth-order valence-corrected chi connectivity index (χ4v) is 3.16. The van der Waals surface area contributed by atoms with E-state index in [4.69, 9.17) is 4.74 Å². The van der Waals surface area contributed by atoms with Gasteiger partial charge in [0.15, 0.2) is 0 Å². The summed E-state index contributed by atoms with van der Waals surface area (Å²) in [6.07, 6.45) is 4.48. The molecule has 1 atom stereocenters. The topological polar surface area (TPSA) is 55.3 Å². The molecule has 1 amide bonds. The number of methoxy groups -OCH3 is 1. The zero-order chi connectivity index (χ0) is 16.2. The number of aromatic nitrogens is 2. The Labute approximate surface area is 136 Å². The Hall–Kier alpha value is -2.43. The van der Waals surface area contributed by atoms with Crippen LogP contribution in [0.2, 0.25) is 0 Å². The predicted octanol–water partition coefficient (Wildman–Crippen LogP) is 2.64. The van der Waals surface area contributed by atoms with Gasteiger partial charge in [-0.25, -0.2) is 9.97 Å². The molecular formula is C18H21N3O2. The Morgan fingerprint density at radius 1 is 1.35 bits per heavy atom. The van der Waals surface area contributed by atoms with Crippen LogP contribution in [0.3, 0.4) is 0 Å². The van der Waals surface area contributed by atoms with Crippen molar-refractivity contribution in [1.82, 2.24) is 14.9 Å². The number of aryl methyl sites for hydroxylation is 1. The molecule has 0 bridgehead atoms. The molecule has 1 fully saturated rings. The van der Waals surface area contributed by atoms with Gasteiger partial charge in [0, 0.05) is 18.8 Å². The summed E-state index contributed by atoms with van der Waals surface area (Å²) >= 11 is 0. The van der Waals surface area contributed by atoms with Crippen LogP contribution in [0, 0.1) is 6.92 Å². The predicted molar refractivity (Wildman–Crippen MR) is 87.5 cm³/mol. The maximum absolute atomic E-state index is 12.8. The molecule has 120 valence electrons. The highest BCUT2D eigenvalue weighted by atomic mass is 16.5. The minimum absolute atomic E-state index is 0.00658. The van der Waals surface area contributed by atoms with E-state index in [9.17, 15) is 4.79 Å². The van der Waals surface area contributed by atoms with Gasteiger partial charge in [-0.1, -0.05) is 18.2 Å². The van der Waals surface area contributed by atoms with Crippen molar-refractivity contribution in [2.45, 2.75) is 32.2 Å². The Kier molecular flexibility index (Phi) is 4.55. The Balaban J connectivity index is 1.79. The number of para-hydroxylation sites is 1. The molecular weight excluding hydrogens is 290 g/mol. The maximum atomic E-state index is 12.8. The van der Waals surface area contributed by atoms with Gasteiger partial charge in [-0.3, -0.25) is 4.79 Å². The molecule has 2 aromatic rings. The second-order valence-electron chi connectivity index (χ2n) is 5.80. The number of carbonyl (C=O) groups excluding carboxylic acids is 1. The first kappa shape index (κ1) is 15.5. The molecule has 23 heavy (non-hydrogen) atoms. The number of amides is 1. The summed E-state index contributed by atoms with van der Waals surface area (Å²) in [6.45, 7) is 2.58. The largest absolute Gasteiger partial charge is 0.496 e. The molecule has 1 aromatic carbocycles. The van der Waals surface area contributed by atoms with Crippen molar-refractivity contribution in [2.24, 2.45) is 0 Å². The molecule has 0 radical (unpaired) electrons. The van der Waals surface area contributed by atoms with Crippen LogP contribution in [-0.2, 0) is 6.42 Å². The van der Waals surface area contributed by atoms with Gasteiger partial charge in [0.25, 0.3) is 5.91 Å². The van der Waals surface area contributed by atoms with Crippen molar-refractivity contribution in [1.29, 1.82) is 0 Å². The van der Waals surface area contributed by atoms with Crippen molar-refractivity contribution in [3.8, 4) is 5.75 Å². The van der Waals surface area contributed by atoms with E-state index in [1.807, 2.05) is 23.1 Å². The van der Waals surface area contributed by atoms with Gasteiger partial charge in [-0.2, -0.15) is 0 Å². The summed E-state index contributed by atoms with van der Waals surface area (Å²) in [6, 6.07) is 9.87. The van der Waals surface area contributed by atoms with Crippen LogP contribution in [0.5, 0.6) is 5.75 Å². The summed E-state index contributed by atoms with van der Waals surface area (Å²) in [7, 11) is 1.68. The number of rotatable bonds is 4. The lowest BCUT2D eigenvalue weighted by Gasteiger charge is -2.25. The normalized spacial score (nSPS) is 17.3. The van der Waals surface area contributed by atoms with Crippen LogP contribution in [0.15, 0.2) is 36.5 Å². The molecule has 0 N–H and O–H groups in total. The lowest BCUT2D eigenvalue weighted by Crippen LogP contribution is -2.37. The van der Waals surface area contributed by atoms with E-state index in [-0.39, 0.29) is 11.9 Å². The quantitative estimate of drug-likeness (QED) is 0.871. The summed E-state index contributed by atoms with van der Waals surface area (Å²) in [5, 5.41) is 0. The zero-order valence-electron chi connectivity index (χ0n) is 13.5. The molecule has 0 unspecified atom stereocenters. The van der Waals surface area contributed by atoms with Crippen LogP contribution in [0.25, 0.3) is 0 Å². The van der Waals surface area contributed by atoms with Gasteiger partial charge in [0.2, 0.25) is 0 Å². The molecule has 1 aromatic heterocycles. The minimum Gasteiger partial charge on any atom is -0.496 e. The smallest absolute Gasteiger partial charge is 0.272 e. The molecule has 0 saturated carbocycles. The summed E-state index contributed by atoms with van der Waals surface area (Å²) in [5.41, 5.74) is 1.61. The highest BCUT2D eigenvalue weighted by molar-refractivity contribution is 5.92. The van der Waals surface area contributed by atoms with E-state index >= 15 is 0 Å². The van der Waals surface area contributed by atoms with Crippen LogP contribution in [0.1, 0.15) is 34.7 Å². The number of ether oxygens (including phenoxy) is 1. The van der Waals surface area contributed by atoms with Crippen LogP contribution >= 0.6 is 0 Å². The van der Waals surface area contributed by atoms with Gasteiger partial charge in [0.05, 0.1) is 7.11 Å². The standard InChI is InChI=1S/C18H21N3O2/c1-13-19-10-9-16(20-13)18(22)21-11-5-7-15(21)12-14-6-3-4-8-17(14)23-2/h3-4,6,8-10,15H,5,7,11-12H2,1-2H3/t15-/m0/s1. The monoisotopic (exact) mass is 311 g/mol. The van der Waals surface area contributed by atoms with Gasteiger partial charge in [-0.05, 0) is 43.9 Å². The van der Waals surface area contributed by atoms with E-state index in [1.54, 1.807) is 26.3 Å². The Morgan fingerprint density at radius 3 is 2.96 bits per heavy atom. The third-order valence-corrected chi connectivity index (χ3v) is 4.28. The van der Waals surface area contributed by atoms with E-state index in [0.29, 0.717) is 11.5 Å². The lowest BCUT2D eigenvalue weighted by molar-refractivity contribution is 0.0729. The van der Waals surface area contributed by atoms with Crippen molar-refractivity contribution >= 4 is 5.91 Å². The molecule has 2 heterocycles. The Morgan fingerprint density at radius 2 is 2.17 bits per heavy atom. The molecule has 1 saturated heterocycles. The van der Waals surface area contributed by atoms with Gasteiger partial charge < -0.3 is 9.64 Å². The van der Waals surface area contributed by atoms with E-state index in [0.717, 1.165) is 37.1 Å². The van der Waals surface area contributed by atoms with Crippen LogP contribution in [-0.4, -0.2) is 40.5 Å². The van der Waals surface area contributed by atoms with Crippen molar-refractivity contribution in [3.05, 3.63) is 53.6 Å². The molecule has 3 rings (SSSR count). The van der Waals surface area contributed by atoms with Gasteiger partial charge in [0.1, 0.15) is 17.3 Å². The molecule has 5 heteroatoms. The second kappa shape index (κ2) is 6.77. The highest BCUT2D eigenvalue weighted by Gasteiger charge is 2.30. The van der Waals surface area contributed by atoms with Gasteiger partial charge >= 0.3 is 0 Å². The molecule has 0 spiro atoms. The minimum atomic E-state index is -0.00658. The number of nitrogens with zero attached hydrogens (tertiary/aromatic N) is 3. The fraction of sp³-hybridized carbons (Fsp3) is 0.389. The zero-order valence-corrected chi connectivity index (χ0v) is 13.5. The van der Waals surface area contributed by atoms with Crippen molar-refractivity contribution in [3.63, 3.8) is 0 Å². The maximum Gasteiger partial charge on any atom is 0.272 e. The highest BCUT2D eigenvalue weighted by Crippen LogP contribution is 2.26. The molecule has 5 nitrogen and oxygen atoms in total. The van der Waals surface area contributed by atoms with E-state index in [2.05, 4.69) is 16.0 Å². The van der Waals surface area contributed by atoms with Crippen molar-refractivity contribution in [2.75, 3.05) is 13.7 Å². The summed E-state index contributed by atoms with van der Waals surface area (Å²) in [5.74, 6) is 1.49. The van der Waals surface area contributed by atoms with Crippen LogP contribution < -0.4 is 4.74 Å². The van der Waals surface area contributed by atoms with Crippen LogP contribution in [0.4, 0.5) is 0 Å². The number of hydrogen-bond donors (Lipinski definition) is 0. The second-order valence-corrected chi connectivity index (χ2v) is 5.80. The van der Waals surface area contributed by atoms with Crippen molar-refractivity contribution < 1.29 is 9.53 Å². The fourth-order valence-electron chi connectivity index (χ4n) is 3.16. The van der Waals surface area contributed by atoms with E-state index in [1.165, 1.54) is 0 Å². The number of hydrogen-bond acceptors (Lipinski definition) is 4. The third kappa shape index (κ3) is 3.33. The molecule has 1 aliphatic heterocycles. The summed E-state index contributed by atoms with van der Waals surface area (Å²) < 4.78 is 5.43. The molecule has 1 aliphatic rings. The lowest BCUT2D eigenvalue weighted by atomic mass is 10.0. The first-order chi connectivity index (χ1) is 11.2. The third-order valence-electron chi connectivity index (χ3n) is 4.28. The molecule has 0 aliphatic carbocycles. The SMILES string of the molecule is COc1ccccc1C[C@@H]1CCCN1C(=O)c1ccnc(C)n1. The number of likely N-dealkylation sites (tertiary alicyclic amines) is 1. The average molecular weight is 311 g/mol. The summed E-state index contributed by atoms with van der Waals surface area (Å²) in [4.78, 5) is 23.0. The van der Waals surface area contributed by atoms with Gasteiger partial charge in [-0.15, -0.1) is 0 Å². The number of carbonyl (C=O) groups is 1. The first-order valence-electron chi connectivity index (χ1n) is 7.91.